The summed E-state index contributed by atoms with van der Waals surface area (Å²) in [6, 6.07) is 10.8. The van der Waals surface area contributed by atoms with Gasteiger partial charge in [-0.25, -0.2) is 17.2 Å². The number of nitrogens with zero attached hydrogens (tertiary/aromatic N) is 1. The summed E-state index contributed by atoms with van der Waals surface area (Å²) in [5, 5.41) is 0. The van der Waals surface area contributed by atoms with Gasteiger partial charge in [0.1, 0.15) is 11.6 Å². The summed E-state index contributed by atoms with van der Waals surface area (Å²) >= 11 is 0. The Balaban J connectivity index is 2.39. The van der Waals surface area contributed by atoms with Crippen LogP contribution >= 0.6 is 0 Å². The van der Waals surface area contributed by atoms with Gasteiger partial charge in [-0.05, 0) is 24.6 Å². The summed E-state index contributed by atoms with van der Waals surface area (Å²) in [5.74, 6) is -1.84. The molecule has 0 saturated heterocycles. The second-order valence-corrected chi connectivity index (χ2v) is 6.71. The normalized spacial score (nSPS) is 13.4. The Bertz CT molecular complexity index is 712. The van der Waals surface area contributed by atoms with Crippen molar-refractivity contribution in [3.8, 4) is 0 Å². The van der Waals surface area contributed by atoms with Crippen LogP contribution in [0.15, 0.2) is 53.4 Å². The van der Waals surface area contributed by atoms with Crippen molar-refractivity contribution in [2.45, 2.75) is 17.9 Å². The standard InChI is InChI=1S/C15H15F2NO2S/c1-11(12-6-4-3-5-7-12)18(2)21(19,20)15-9-13(16)8-14(17)10-15/h3-11H,1-2H3. The van der Waals surface area contributed by atoms with Gasteiger partial charge in [0, 0.05) is 19.2 Å². The lowest BCUT2D eigenvalue weighted by Gasteiger charge is -2.24. The number of hydrogen-bond acceptors (Lipinski definition) is 2. The van der Waals surface area contributed by atoms with E-state index in [0.29, 0.717) is 6.07 Å². The first-order valence-electron chi connectivity index (χ1n) is 6.31. The molecule has 0 amide bonds. The first-order chi connectivity index (χ1) is 9.82. The minimum atomic E-state index is -3.98. The Labute approximate surface area is 122 Å². The lowest BCUT2D eigenvalue weighted by atomic mass is 10.1. The lowest BCUT2D eigenvalue weighted by molar-refractivity contribution is 0.397. The van der Waals surface area contributed by atoms with Crippen LogP contribution in [0.5, 0.6) is 0 Å². The van der Waals surface area contributed by atoms with Gasteiger partial charge in [-0.15, -0.1) is 0 Å². The molecule has 0 bridgehead atoms. The molecule has 0 aliphatic carbocycles. The molecule has 0 aliphatic heterocycles. The smallest absolute Gasteiger partial charge is 0.207 e. The Morgan fingerprint density at radius 3 is 2.05 bits per heavy atom. The largest absolute Gasteiger partial charge is 0.243 e. The van der Waals surface area contributed by atoms with E-state index in [-0.39, 0.29) is 0 Å². The van der Waals surface area contributed by atoms with Crippen molar-refractivity contribution in [1.82, 2.24) is 4.31 Å². The Kier molecular flexibility index (Phi) is 4.39. The highest BCUT2D eigenvalue weighted by Gasteiger charge is 2.27. The molecular formula is C15H15F2NO2S. The van der Waals surface area contributed by atoms with Crippen LogP contribution < -0.4 is 0 Å². The molecule has 0 radical (unpaired) electrons. The highest BCUT2D eigenvalue weighted by Crippen LogP contribution is 2.26. The van der Waals surface area contributed by atoms with Crippen LogP contribution in [0, 0.1) is 11.6 Å². The molecule has 6 heteroatoms. The maximum Gasteiger partial charge on any atom is 0.243 e. The van der Waals surface area contributed by atoms with E-state index in [9.17, 15) is 17.2 Å². The summed E-state index contributed by atoms with van der Waals surface area (Å²) < 4.78 is 52.4. The molecule has 1 unspecified atom stereocenters. The molecular weight excluding hydrogens is 296 g/mol. The number of rotatable bonds is 4. The van der Waals surface area contributed by atoms with Crippen molar-refractivity contribution >= 4 is 10.0 Å². The first kappa shape index (κ1) is 15.6. The van der Waals surface area contributed by atoms with Crippen LogP contribution in [0.4, 0.5) is 8.78 Å². The molecule has 0 saturated carbocycles. The molecule has 0 N–H and O–H groups in total. The third-order valence-electron chi connectivity index (χ3n) is 3.34. The van der Waals surface area contributed by atoms with Crippen LogP contribution in [-0.4, -0.2) is 19.8 Å². The third kappa shape index (κ3) is 3.28. The van der Waals surface area contributed by atoms with Gasteiger partial charge in [-0.1, -0.05) is 30.3 Å². The number of benzene rings is 2. The average molecular weight is 311 g/mol. The van der Waals surface area contributed by atoms with Crippen LogP contribution in [0.1, 0.15) is 18.5 Å². The number of sulfonamides is 1. The predicted molar refractivity (Wildman–Crippen MR) is 76.2 cm³/mol. The van der Waals surface area contributed by atoms with Crippen LogP contribution in [0.2, 0.25) is 0 Å². The fourth-order valence-corrected chi connectivity index (χ4v) is 3.39. The SMILES string of the molecule is CC(c1ccccc1)N(C)S(=O)(=O)c1cc(F)cc(F)c1. The molecule has 0 fully saturated rings. The monoisotopic (exact) mass is 311 g/mol. The van der Waals surface area contributed by atoms with Crippen molar-refractivity contribution in [3.05, 3.63) is 65.7 Å². The number of halogens is 2. The second kappa shape index (κ2) is 5.91. The van der Waals surface area contributed by atoms with Gasteiger partial charge in [0.2, 0.25) is 10.0 Å². The zero-order valence-corrected chi connectivity index (χ0v) is 12.4. The van der Waals surface area contributed by atoms with E-state index < -0.39 is 32.6 Å². The van der Waals surface area contributed by atoms with E-state index in [1.54, 1.807) is 31.2 Å². The van der Waals surface area contributed by atoms with Crippen molar-refractivity contribution in [1.29, 1.82) is 0 Å². The van der Waals surface area contributed by atoms with Crippen LogP contribution in [0.3, 0.4) is 0 Å². The molecule has 0 aliphatic rings. The summed E-state index contributed by atoms with van der Waals surface area (Å²) in [4.78, 5) is -0.398. The van der Waals surface area contributed by atoms with Gasteiger partial charge in [-0.2, -0.15) is 4.31 Å². The minimum absolute atomic E-state index is 0.398. The summed E-state index contributed by atoms with van der Waals surface area (Å²) in [6.07, 6.45) is 0. The van der Waals surface area contributed by atoms with Crippen LogP contribution in [-0.2, 0) is 10.0 Å². The molecule has 2 aromatic rings. The van der Waals surface area contributed by atoms with E-state index in [0.717, 1.165) is 22.0 Å². The van der Waals surface area contributed by atoms with Gasteiger partial charge in [0.25, 0.3) is 0 Å². The first-order valence-corrected chi connectivity index (χ1v) is 7.75. The van der Waals surface area contributed by atoms with E-state index in [4.69, 9.17) is 0 Å². The number of hydrogen-bond donors (Lipinski definition) is 0. The topological polar surface area (TPSA) is 37.4 Å². The maximum absolute atomic E-state index is 13.2. The Hall–Kier alpha value is -1.79. The quantitative estimate of drug-likeness (QED) is 0.868. The van der Waals surface area contributed by atoms with Crippen molar-refractivity contribution in [2.24, 2.45) is 0 Å². The van der Waals surface area contributed by atoms with Crippen molar-refractivity contribution in [2.75, 3.05) is 7.05 Å². The zero-order valence-electron chi connectivity index (χ0n) is 11.6. The highest BCUT2D eigenvalue weighted by molar-refractivity contribution is 7.89. The molecule has 1 atom stereocenters. The average Bonchev–Trinajstić information content (AvgIpc) is 2.45. The zero-order chi connectivity index (χ0) is 15.6. The van der Waals surface area contributed by atoms with E-state index in [2.05, 4.69) is 0 Å². The van der Waals surface area contributed by atoms with Crippen LogP contribution in [0.25, 0.3) is 0 Å². The Morgan fingerprint density at radius 2 is 1.52 bits per heavy atom. The molecule has 3 nitrogen and oxygen atoms in total. The maximum atomic E-state index is 13.2. The Morgan fingerprint density at radius 1 is 1.00 bits per heavy atom. The van der Waals surface area contributed by atoms with Gasteiger partial charge in [-0.3, -0.25) is 0 Å². The highest BCUT2D eigenvalue weighted by atomic mass is 32.2. The second-order valence-electron chi connectivity index (χ2n) is 4.71. The summed E-state index contributed by atoms with van der Waals surface area (Å²) in [5.41, 5.74) is 0.792. The van der Waals surface area contributed by atoms with E-state index in [1.165, 1.54) is 7.05 Å². The third-order valence-corrected chi connectivity index (χ3v) is 5.25. The summed E-state index contributed by atoms with van der Waals surface area (Å²) in [7, 11) is -2.59. The van der Waals surface area contributed by atoms with E-state index in [1.807, 2.05) is 6.07 Å². The summed E-state index contributed by atoms with van der Waals surface area (Å²) in [6.45, 7) is 1.71. The van der Waals surface area contributed by atoms with Gasteiger partial charge < -0.3 is 0 Å². The molecule has 112 valence electrons. The van der Waals surface area contributed by atoms with Crippen molar-refractivity contribution in [3.63, 3.8) is 0 Å². The lowest BCUT2D eigenvalue weighted by Crippen LogP contribution is -2.30. The molecule has 2 rings (SSSR count). The van der Waals surface area contributed by atoms with Gasteiger partial charge in [0.05, 0.1) is 4.90 Å². The fourth-order valence-electron chi connectivity index (χ4n) is 1.99. The molecule has 0 spiro atoms. The van der Waals surface area contributed by atoms with Crippen molar-refractivity contribution < 1.29 is 17.2 Å². The fraction of sp³-hybridized carbons (Fsp3) is 0.200. The minimum Gasteiger partial charge on any atom is -0.207 e. The van der Waals surface area contributed by atoms with E-state index >= 15 is 0 Å². The molecule has 2 aromatic carbocycles. The van der Waals surface area contributed by atoms with Gasteiger partial charge in [0.15, 0.2) is 0 Å². The molecule has 21 heavy (non-hydrogen) atoms. The van der Waals surface area contributed by atoms with Gasteiger partial charge >= 0.3 is 0 Å². The molecule has 0 aromatic heterocycles. The predicted octanol–water partition coefficient (Wildman–Crippen LogP) is 3.35. The molecule has 0 heterocycles.